The Balaban J connectivity index is 1.61. The molecule has 0 saturated heterocycles. The van der Waals surface area contributed by atoms with Crippen molar-refractivity contribution >= 4 is 5.65 Å². The molecule has 7 nitrogen and oxygen atoms in total. The van der Waals surface area contributed by atoms with E-state index in [1.807, 2.05) is 42.9 Å². The zero-order chi connectivity index (χ0) is 22.0. The molecule has 0 spiro atoms. The van der Waals surface area contributed by atoms with E-state index in [9.17, 15) is 9.50 Å². The third-order valence-corrected chi connectivity index (χ3v) is 5.54. The molecular weight excluding hydrogens is 397 g/mol. The molecule has 0 aliphatic heterocycles. The number of pyridine rings is 1. The van der Waals surface area contributed by atoms with Gasteiger partial charge in [-0.2, -0.15) is 5.10 Å². The summed E-state index contributed by atoms with van der Waals surface area (Å²) in [6.07, 6.45) is 5.04. The van der Waals surface area contributed by atoms with Gasteiger partial charge in [-0.15, -0.1) is 0 Å². The first-order valence-corrected chi connectivity index (χ1v) is 10.2. The number of rotatable bonds is 8. The largest absolute Gasteiger partial charge is 0.493 e. The Morgan fingerprint density at radius 3 is 2.81 bits per heavy atom. The van der Waals surface area contributed by atoms with Crippen LogP contribution in [0.15, 0.2) is 42.7 Å². The van der Waals surface area contributed by atoms with Gasteiger partial charge in [-0.3, -0.25) is 4.68 Å². The summed E-state index contributed by atoms with van der Waals surface area (Å²) in [5.41, 5.74) is 11.6. The number of hydrogen-bond donors (Lipinski definition) is 2. The zero-order valence-corrected chi connectivity index (χ0v) is 17.7. The summed E-state index contributed by atoms with van der Waals surface area (Å²) in [6.45, 7) is 2.75. The molecule has 0 aliphatic carbocycles. The minimum absolute atomic E-state index is 0.116. The molecule has 1 aromatic carbocycles. The van der Waals surface area contributed by atoms with Crippen LogP contribution in [0.25, 0.3) is 16.8 Å². The summed E-state index contributed by atoms with van der Waals surface area (Å²) < 4.78 is 23.9. The highest BCUT2D eigenvalue weighted by Gasteiger charge is 2.14. The molecule has 0 radical (unpaired) electrons. The lowest BCUT2D eigenvalue weighted by atomic mass is 10.1. The molecule has 0 amide bonds. The molecule has 0 saturated carbocycles. The lowest BCUT2D eigenvalue weighted by Crippen LogP contribution is -2.06. The normalized spacial score (nSPS) is 11.4. The smallest absolute Gasteiger partial charge is 0.136 e. The average molecular weight is 423 g/mol. The van der Waals surface area contributed by atoms with Crippen molar-refractivity contribution in [1.29, 1.82) is 0 Å². The highest BCUT2D eigenvalue weighted by Crippen LogP contribution is 2.31. The van der Waals surface area contributed by atoms with Gasteiger partial charge in [0.15, 0.2) is 0 Å². The van der Waals surface area contributed by atoms with E-state index in [2.05, 4.69) is 10.1 Å². The van der Waals surface area contributed by atoms with Crippen LogP contribution in [-0.4, -0.2) is 37.4 Å². The number of aliphatic hydroxyl groups is 1. The second kappa shape index (κ2) is 8.87. The molecule has 162 valence electrons. The van der Waals surface area contributed by atoms with Crippen LogP contribution in [0.4, 0.5) is 4.39 Å². The maximum Gasteiger partial charge on any atom is 0.136 e. The average Bonchev–Trinajstić information content (AvgIpc) is 3.30. The standard InChI is InChI=1S/C23H26FN5O2/c1-15-19(21(14-30)27-28(15)2)8-10-31-22-5-4-17(24)11-20(22)16-3-6-23-26-12-18(7-9-25)29(23)13-16/h3-6,11-13,30H,7-10,14,25H2,1-2H3. The Hall–Kier alpha value is -3.23. The molecule has 0 bridgehead atoms. The molecule has 8 heteroatoms. The van der Waals surface area contributed by atoms with E-state index in [0.29, 0.717) is 43.0 Å². The maximum atomic E-state index is 14.1. The van der Waals surface area contributed by atoms with Crippen LogP contribution in [0.3, 0.4) is 0 Å². The van der Waals surface area contributed by atoms with Crippen molar-refractivity contribution in [2.75, 3.05) is 13.2 Å². The van der Waals surface area contributed by atoms with Gasteiger partial charge in [0.05, 0.1) is 18.9 Å². The minimum atomic E-state index is -0.332. The first-order chi connectivity index (χ1) is 15.0. The number of nitrogens with two attached hydrogens (primary N) is 1. The molecule has 4 rings (SSSR count). The van der Waals surface area contributed by atoms with Crippen molar-refractivity contribution in [2.45, 2.75) is 26.4 Å². The fourth-order valence-corrected chi connectivity index (χ4v) is 3.81. The second-order valence-electron chi connectivity index (χ2n) is 7.47. The van der Waals surface area contributed by atoms with Crippen molar-refractivity contribution in [3.8, 4) is 16.9 Å². The predicted molar refractivity (Wildman–Crippen MR) is 116 cm³/mol. The lowest BCUT2D eigenvalue weighted by molar-refractivity contribution is 0.272. The fraction of sp³-hybridized carbons (Fsp3) is 0.304. The first-order valence-electron chi connectivity index (χ1n) is 10.2. The van der Waals surface area contributed by atoms with Crippen LogP contribution >= 0.6 is 0 Å². The van der Waals surface area contributed by atoms with Crippen LogP contribution in [0, 0.1) is 12.7 Å². The number of benzene rings is 1. The Morgan fingerprint density at radius 1 is 1.19 bits per heavy atom. The monoisotopic (exact) mass is 423 g/mol. The highest BCUT2D eigenvalue weighted by atomic mass is 19.1. The number of halogens is 1. The van der Waals surface area contributed by atoms with Crippen LogP contribution in [0.2, 0.25) is 0 Å². The third kappa shape index (κ3) is 4.17. The number of aromatic nitrogens is 4. The Kier molecular flexibility index (Phi) is 6.01. The first kappa shape index (κ1) is 21.0. The van der Waals surface area contributed by atoms with E-state index in [0.717, 1.165) is 28.2 Å². The van der Waals surface area contributed by atoms with Crippen LogP contribution in [0.1, 0.15) is 22.6 Å². The number of fused-ring (bicyclic) bond motifs is 1. The summed E-state index contributed by atoms with van der Waals surface area (Å²) in [5.74, 6) is 0.259. The topological polar surface area (TPSA) is 90.6 Å². The van der Waals surface area contributed by atoms with Gasteiger partial charge in [0.2, 0.25) is 0 Å². The van der Waals surface area contributed by atoms with E-state index in [-0.39, 0.29) is 12.4 Å². The number of aryl methyl sites for hydroxylation is 1. The van der Waals surface area contributed by atoms with Gasteiger partial charge in [0.1, 0.15) is 17.2 Å². The molecule has 0 unspecified atom stereocenters. The summed E-state index contributed by atoms with van der Waals surface area (Å²) in [5, 5.41) is 13.9. The summed E-state index contributed by atoms with van der Waals surface area (Å²) in [4.78, 5) is 4.40. The number of ether oxygens (including phenoxy) is 1. The van der Waals surface area contributed by atoms with E-state index >= 15 is 0 Å². The molecule has 0 aliphatic rings. The molecule has 0 atom stereocenters. The predicted octanol–water partition coefficient (Wildman–Crippen LogP) is 2.80. The Bertz CT molecular complexity index is 1210. The number of imidazole rings is 1. The highest BCUT2D eigenvalue weighted by molar-refractivity contribution is 5.71. The van der Waals surface area contributed by atoms with Gasteiger partial charge < -0.3 is 20.0 Å². The number of nitrogens with zero attached hydrogens (tertiary/aromatic N) is 4. The molecular formula is C23H26FN5O2. The van der Waals surface area contributed by atoms with E-state index in [4.69, 9.17) is 10.5 Å². The van der Waals surface area contributed by atoms with Gasteiger partial charge >= 0.3 is 0 Å². The van der Waals surface area contributed by atoms with Gasteiger partial charge in [-0.25, -0.2) is 9.37 Å². The molecule has 3 aromatic heterocycles. The van der Waals surface area contributed by atoms with Crippen molar-refractivity contribution in [3.63, 3.8) is 0 Å². The summed E-state index contributed by atoms with van der Waals surface area (Å²) in [6, 6.07) is 8.32. The SMILES string of the molecule is Cc1c(CCOc2ccc(F)cc2-c2ccc3ncc(CCN)n3c2)c(CO)nn1C. The Morgan fingerprint density at radius 2 is 2.03 bits per heavy atom. The molecule has 4 aromatic rings. The van der Waals surface area contributed by atoms with E-state index < -0.39 is 0 Å². The van der Waals surface area contributed by atoms with E-state index in [1.165, 1.54) is 12.1 Å². The van der Waals surface area contributed by atoms with Gasteiger partial charge in [-0.1, -0.05) is 0 Å². The fourth-order valence-electron chi connectivity index (χ4n) is 3.81. The van der Waals surface area contributed by atoms with Crippen molar-refractivity contribution in [3.05, 3.63) is 71.2 Å². The second-order valence-corrected chi connectivity index (χ2v) is 7.47. The number of hydrogen-bond acceptors (Lipinski definition) is 5. The summed E-state index contributed by atoms with van der Waals surface area (Å²) >= 11 is 0. The minimum Gasteiger partial charge on any atom is -0.493 e. The lowest BCUT2D eigenvalue weighted by Gasteiger charge is -2.13. The van der Waals surface area contributed by atoms with Crippen LogP contribution < -0.4 is 10.5 Å². The van der Waals surface area contributed by atoms with Crippen molar-refractivity contribution in [2.24, 2.45) is 12.8 Å². The molecule has 31 heavy (non-hydrogen) atoms. The number of aliphatic hydroxyl groups excluding tert-OH is 1. The third-order valence-electron chi connectivity index (χ3n) is 5.54. The van der Waals surface area contributed by atoms with Gasteiger partial charge in [-0.05, 0) is 43.8 Å². The Labute approximate surface area is 179 Å². The van der Waals surface area contributed by atoms with Crippen molar-refractivity contribution < 1.29 is 14.2 Å². The van der Waals surface area contributed by atoms with Crippen LogP contribution in [-0.2, 0) is 26.5 Å². The maximum absolute atomic E-state index is 14.1. The molecule has 0 fully saturated rings. The molecule has 3 N–H and O–H groups in total. The quantitative estimate of drug-likeness (QED) is 0.455. The van der Waals surface area contributed by atoms with E-state index in [1.54, 1.807) is 10.7 Å². The van der Waals surface area contributed by atoms with Gasteiger partial charge in [0.25, 0.3) is 0 Å². The zero-order valence-electron chi connectivity index (χ0n) is 17.7. The summed E-state index contributed by atoms with van der Waals surface area (Å²) in [7, 11) is 1.85. The van der Waals surface area contributed by atoms with Crippen molar-refractivity contribution in [1.82, 2.24) is 19.2 Å². The van der Waals surface area contributed by atoms with Crippen LogP contribution in [0.5, 0.6) is 5.75 Å². The molecule has 3 heterocycles. The van der Waals surface area contributed by atoms with Gasteiger partial charge in [0, 0.05) is 60.4 Å².